The summed E-state index contributed by atoms with van der Waals surface area (Å²) in [6.45, 7) is 2.73. The van der Waals surface area contributed by atoms with Crippen LogP contribution in [0.3, 0.4) is 0 Å². The molecule has 1 heterocycles. The summed E-state index contributed by atoms with van der Waals surface area (Å²) < 4.78 is 5.60. The van der Waals surface area contributed by atoms with Crippen LogP contribution in [0.1, 0.15) is 24.1 Å². The lowest BCUT2D eigenvalue weighted by Crippen LogP contribution is -2.16. The van der Waals surface area contributed by atoms with Gasteiger partial charge in [-0.05, 0) is 31.9 Å². The maximum Gasteiger partial charge on any atom is 0.322 e. The minimum absolute atomic E-state index is 0.270. The predicted molar refractivity (Wildman–Crippen MR) is 83.2 cm³/mol. The highest BCUT2D eigenvalue weighted by molar-refractivity contribution is 6.34. The summed E-state index contributed by atoms with van der Waals surface area (Å²) in [6.07, 6.45) is 4.30. The van der Waals surface area contributed by atoms with Crippen LogP contribution >= 0.6 is 23.2 Å². The summed E-state index contributed by atoms with van der Waals surface area (Å²) in [7, 11) is 0. The molecule has 3 rings (SSSR count). The summed E-state index contributed by atoms with van der Waals surface area (Å²) in [5.41, 5.74) is 1.97. The molecule has 21 heavy (non-hydrogen) atoms. The number of aryl methyl sites for hydroxylation is 1. The van der Waals surface area contributed by atoms with Gasteiger partial charge in [0.25, 0.3) is 0 Å². The Balaban J connectivity index is 1.73. The van der Waals surface area contributed by atoms with Gasteiger partial charge in [0, 0.05) is 41.1 Å². The van der Waals surface area contributed by atoms with Gasteiger partial charge in [-0.3, -0.25) is 0 Å². The number of hydrogen-bond acceptors (Lipinski definition) is 4. The first-order valence-electron chi connectivity index (χ1n) is 6.80. The van der Waals surface area contributed by atoms with Crippen LogP contribution in [-0.4, -0.2) is 16.0 Å². The molecule has 1 aliphatic carbocycles. The van der Waals surface area contributed by atoms with Crippen molar-refractivity contribution in [1.29, 1.82) is 0 Å². The zero-order valence-electron chi connectivity index (χ0n) is 11.6. The van der Waals surface area contributed by atoms with E-state index in [0.29, 0.717) is 21.8 Å². The van der Waals surface area contributed by atoms with E-state index in [0.717, 1.165) is 17.8 Å². The standard InChI is InChI=1S/C15H15Cl2N3O/c1-9-10(7-18-12-3-4-12)8-19-15(20-9)21-14-6-11(16)2-5-13(14)17/h2,5-6,8,12,18H,3-4,7H2,1H3. The lowest BCUT2D eigenvalue weighted by molar-refractivity contribution is 0.439. The van der Waals surface area contributed by atoms with Crippen LogP contribution < -0.4 is 10.1 Å². The van der Waals surface area contributed by atoms with E-state index in [4.69, 9.17) is 27.9 Å². The molecule has 0 radical (unpaired) electrons. The van der Waals surface area contributed by atoms with Gasteiger partial charge in [-0.25, -0.2) is 4.98 Å². The molecule has 0 unspecified atom stereocenters. The molecule has 1 saturated carbocycles. The zero-order valence-corrected chi connectivity index (χ0v) is 13.1. The SMILES string of the molecule is Cc1nc(Oc2cc(Cl)ccc2Cl)ncc1CNC1CC1. The summed E-state index contributed by atoms with van der Waals surface area (Å²) in [4.78, 5) is 8.59. The molecule has 0 aliphatic heterocycles. The molecule has 1 aliphatic rings. The fraction of sp³-hybridized carbons (Fsp3) is 0.333. The van der Waals surface area contributed by atoms with Crippen LogP contribution in [0, 0.1) is 6.92 Å². The van der Waals surface area contributed by atoms with E-state index in [-0.39, 0.29) is 6.01 Å². The van der Waals surface area contributed by atoms with Crippen molar-refractivity contribution >= 4 is 23.2 Å². The highest BCUT2D eigenvalue weighted by Gasteiger charge is 2.20. The first-order chi connectivity index (χ1) is 10.1. The van der Waals surface area contributed by atoms with Crippen molar-refractivity contribution in [1.82, 2.24) is 15.3 Å². The quantitative estimate of drug-likeness (QED) is 0.898. The molecule has 4 nitrogen and oxygen atoms in total. The lowest BCUT2D eigenvalue weighted by Gasteiger charge is -2.09. The number of rotatable bonds is 5. The van der Waals surface area contributed by atoms with Crippen molar-refractivity contribution < 1.29 is 4.74 Å². The van der Waals surface area contributed by atoms with Crippen LogP contribution in [0.5, 0.6) is 11.8 Å². The summed E-state index contributed by atoms with van der Waals surface area (Å²) in [6, 6.07) is 5.96. The molecule has 0 amide bonds. The van der Waals surface area contributed by atoms with E-state index in [1.165, 1.54) is 12.8 Å². The number of nitrogens with zero attached hydrogens (tertiary/aromatic N) is 2. The minimum atomic E-state index is 0.270. The second kappa shape index (κ2) is 6.18. The molecule has 6 heteroatoms. The normalized spacial score (nSPS) is 14.2. The molecular weight excluding hydrogens is 309 g/mol. The van der Waals surface area contributed by atoms with E-state index in [2.05, 4.69) is 15.3 Å². The van der Waals surface area contributed by atoms with Crippen LogP contribution in [-0.2, 0) is 6.54 Å². The Morgan fingerprint density at radius 1 is 1.33 bits per heavy atom. The van der Waals surface area contributed by atoms with E-state index in [1.807, 2.05) is 6.92 Å². The van der Waals surface area contributed by atoms with Gasteiger partial charge in [-0.2, -0.15) is 4.98 Å². The van der Waals surface area contributed by atoms with Crippen LogP contribution in [0.15, 0.2) is 24.4 Å². The van der Waals surface area contributed by atoms with Crippen molar-refractivity contribution in [3.05, 3.63) is 45.7 Å². The molecule has 2 aromatic rings. The third-order valence-corrected chi connectivity index (χ3v) is 3.86. The Morgan fingerprint density at radius 2 is 2.14 bits per heavy atom. The minimum Gasteiger partial charge on any atom is -0.423 e. The molecule has 1 N–H and O–H groups in total. The van der Waals surface area contributed by atoms with E-state index in [9.17, 15) is 0 Å². The lowest BCUT2D eigenvalue weighted by atomic mass is 10.2. The Bertz CT molecular complexity index is 659. The maximum absolute atomic E-state index is 6.06. The molecule has 110 valence electrons. The molecule has 0 saturated heterocycles. The number of hydrogen-bond donors (Lipinski definition) is 1. The predicted octanol–water partition coefficient (Wildman–Crippen LogP) is 4.14. The van der Waals surface area contributed by atoms with Gasteiger partial charge in [0.05, 0.1) is 5.02 Å². The van der Waals surface area contributed by atoms with Crippen molar-refractivity contribution in [2.45, 2.75) is 32.4 Å². The van der Waals surface area contributed by atoms with Crippen LogP contribution in [0.4, 0.5) is 0 Å². The first kappa shape index (κ1) is 14.6. The Hall–Kier alpha value is -1.36. The number of nitrogens with one attached hydrogen (secondary N) is 1. The average molecular weight is 324 g/mol. The van der Waals surface area contributed by atoms with Gasteiger partial charge in [0.1, 0.15) is 0 Å². The monoisotopic (exact) mass is 323 g/mol. The number of halogens is 2. The number of aromatic nitrogens is 2. The van der Waals surface area contributed by atoms with Crippen LogP contribution in [0.2, 0.25) is 10.0 Å². The topological polar surface area (TPSA) is 47.0 Å². The van der Waals surface area contributed by atoms with E-state index in [1.54, 1.807) is 24.4 Å². The van der Waals surface area contributed by atoms with Gasteiger partial charge in [0.15, 0.2) is 5.75 Å². The Morgan fingerprint density at radius 3 is 2.86 bits per heavy atom. The van der Waals surface area contributed by atoms with Gasteiger partial charge in [0.2, 0.25) is 0 Å². The maximum atomic E-state index is 6.06. The first-order valence-corrected chi connectivity index (χ1v) is 7.56. The largest absolute Gasteiger partial charge is 0.423 e. The van der Waals surface area contributed by atoms with Crippen molar-refractivity contribution in [2.75, 3.05) is 0 Å². The van der Waals surface area contributed by atoms with E-state index < -0.39 is 0 Å². The van der Waals surface area contributed by atoms with Crippen molar-refractivity contribution in [3.63, 3.8) is 0 Å². The van der Waals surface area contributed by atoms with E-state index >= 15 is 0 Å². The highest BCUT2D eigenvalue weighted by Crippen LogP contribution is 2.30. The van der Waals surface area contributed by atoms with Gasteiger partial charge >= 0.3 is 6.01 Å². The highest BCUT2D eigenvalue weighted by atomic mass is 35.5. The van der Waals surface area contributed by atoms with Gasteiger partial charge in [-0.1, -0.05) is 23.2 Å². The fourth-order valence-electron chi connectivity index (χ4n) is 1.89. The van der Waals surface area contributed by atoms with Crippen molar-refractivity contribution in [3.8, 4) is 11.8 Å². The molecule has 1 aromatic heterocycles. The van der Waals surface area contributed by atoms with Crippen LogP contribution in [0.25, 0.3) is 0 Å². The third-order valence-electron chi connectivity index (χ3n) is 3.31. The molecule has 0 spiro atoms. The summed E-state index contributed by atoms with van der Waals surface area (Å²) in [5, 5.41) is 4.46. The summed E-state index contributed by atoms with van der Waals surface area (Å²) >= 11 is 12.0. The Kier molecular flexibility index (Phi) is 4.29. The smallest absolute Gasteiger partial charge is 0.322 e. The Labute approximate surface area is 133 Å². The molecule has 1 fully saturated rings. The average Bonchev–Trinajstić information content (AvgIpc) is 3.26. The third kappa shape index (κ3) is 3.84. The number of benzene rings is 1. The molecule has 0 atom stereocenters. The van der Waals surface area contributed by atoms with Crippen molar-refractivity contribution in [2.24, 2.45) is 0 Å². The number of ether oxygens (including phenoxy) is 1. The summed E-state index contributed by atoms with van der Waals surface area (Å²) in [5.74, 6) is 0.451. The second-order valence-electron chi connectivity index (χ2n) is 5.10. The molecule has 1 aromatic carbocycles. The molecule has 0 bridgehead atoms. The van der Waals surface area contributed by atoms with Gasteiger partial charge in [-0.15, -0.1) is 0 Å². The second-order valence-corrected chi connectivity index (χ2v) is 5.94. The fourth-order valence-corrected chi connectivity index (χ4v) is 2.21. The zero-order chi connectivity index (χ0) is 14.8. The molecular formula is C15H15Cl2N3O. The van der Waals surface area contributed by atoms with Gasteiger partial charge < -0.3 is 10.1 Å².